The molecule has 0 spiro atoms. The van der Waals surface area contributed by atoms with Crippen molar-refractivity contribution in [3.05, 3.63) is 22.4 Å². The molecular weight excluding hydrogens is 288 g/mol. The first-order valence-electron chi connectivity index (χ1n) is 7.34. The van der Waals surface area contributed by atoms with Crippen LogP contribution < -0.4 is 5.32 Å². The Morgan fingerprint density at radius 2 is 2.38 bits per heavy atom. The summed E-state index contributed by atoms with van der Waals surface area (Å²) in [7, 11) is 0. The van der Waals surface area contributed by atoms with Gasteiger partial charge in [-0.05, 0) is 31.2 Å². The number of likely N-dealkylation sites (tertiary alicyclic amines) is 1. The number of hydrogen-bond acceptors (Lipinski definition) is 4. The van der Waals surface area contributed by atoms with E-state index in [2.05, 4.69) is 5.32 Å². The fourth-order valence-electron chi connectivity index (χ4n) is 2.57. The SMILES string of the molecule is CC(O)C1CCCN(C(=O)CCNC(=O)c2ccsc2)C1. The zero-order valence-corrected chi connectivity index (χ0v) is 13.1. The van der Waals surface area contributed by atoms with E-state index in [0.29, 0.717) is 25.1 Å². The van der Waals surface area contributed by atoms with Gasteiger partial charge in [-0.15, -0.1) is 0 Å². The first-order valence-corrected chi connectivity index (χ1v) is 8.28. The molecule has 0 aromatic carbocycles. The van der Waals surface area contributed by atoms with Crippen LogP contribution in [0.3, 0.4) is 0 Å². The van der Waals surface area contributed by atoms with E-state index < -0.39 is 0 Å². The summed E-state index contributed by atoms with van der Waals surface area (Å²) in [5.74, 6) is 0.0821. The molecule has 2 heterocycles. The maximum absolute atomic E-state index is 12.1. The zero-order valence-electron chi connectivity index (χ0n) is 12.2. The highest BCUT2D eigenvalue weighted by molar-refractivity contribution is 7.08. The Bertz CT molecular complexity index is 473. The Hall–Kier alpha value is -1.40. The molecule has 2 rings (SSSR count). The summed E-state index contributed by atoms with van der Waals surface area (Å²) in [5.41, 5.74) is 0.639. The maximum Gasteiger partial charge on any atom is 0.252 e. The van der Waals surface area contributed by atoms with Gasteiger partial charge in [-0.1, -0.05) is 0 Å². The highest BCUT2D eigenvalue weighted by Crippen LogP contribution is 2.20. The third-order valence-electron chi connectivity index (χ3n) is 3.90. The van der Waals surface area contributed by atoms with Crippen molar-refractivity contribution < 1.29 is 14.7 Å². The van der Waals surface area contributed by atoms with Crippen molar-refractivity contribution in [2.75, 3.05) is 19.6 Å². The number of aliphatic hydroxyl groups is 1. The maximum atomic E-state index is 12.1. The predicted octanol–water partition coefficient (Wildman–Crippen LogP) is 1.49. The molecular formula is C15H22N2O3S. The van der Waals surface area contributed by atoms with Crippen LogP contribution in [0.15, 0.2) is 16.8 Å². The summed E-state index contributed by atoms with van der Waals surface area (Å²) in [4.78, 5) is 25.7. The molecule has 1 fully saturated rings. The zero-order chi connectivity index (χ0) is 15.2. The Balaban J connectivity index is 1.73. The van der Waals surface area contributed by atoms with E-state index in [9.17, 15) is 14.7 Å². The molecule has 0 aliphatic carbocycles. The Morgan fingerprint density at radius 3 is 3.05 bits per heavy atom. The van der Waals surface area contributed by atoms with Crippen molar-refractivity contribution in [1.82, 2.24) is 10.2 Å². The van der Waals surface area contributed by atoms with Gasteiger partial charge in [0.15, 0.2) is 0 Å². The van der Waals surface area contributed by atoms with Crippen molar-refractivity contribution in [2.45, 2.75) is 32.3 Å². The number of amides is 2. The van der Waals surface area contributed by atoms with Crippen LogP contribution in [0, 0.1) is 5.92 Å². The number of nitrogens with one attached hydrogen (secondary N) is 1. The van der Waals surface area contributed by atoms with E-state index in [-0.39, 0.29) is 23.8 Å². The van der Waals surface area contributed by atoms with E-state index in [4.69, 9.17) is 0 Å². The number of nitrogens with zero attached hydrogens (tertiary/aromatic N) is 1. The number of rotatable bonds is 5. The Kier molecular flexibility index (Phi) is 5.76. The van der Waals surface area contributed by atoms with Gasteiger partial charge >= 0.3 is 0 Å². The van der Waals surface area contributed by atoms with Gasteiger partial charge in [-0.25, -0.2) is 0 Å². The second kappa shape index (κ2) is 7.56. The van der Waals surface area contributed by atoms with E-state index in [1.165, 1.54) is 11.3 Å². The smallest absolute Gasteiger partial charge is 0.252 e. The second-order valence-electron chi connectivity index (χ2n) is 5.50. The first kappa shape index (κ1) is 16.0. The van der Waals surface area contributed by atoms with Crippen molar-refractivity contribution in [1.29, 1.82) is 0 Å². The molecule has 1 aromatic heterocycles. The Labute approximate surface area is 129 Å². The minimum atomic E-state index is -0.376. The third kappa shape index (κ3) is 4.54. The Morgan fingerprint density at radius 1 is 1.57 bits per heavy atom. The quantitative estimate of drug-likeness (QED) is 0.865. The van der Waals surface area contributed by atoms with Crippen LogP contribution >= 0.6 is 11.3 Å². The van der Waals surface area contributed by atoms with Gasteiger partial charge in [0.1, 0.15) is 0 Å². The lowest BCUT2D eigenvalue weighted by Crippen LogP contribution is -2.43. The number of carbonyl (C=O) groups is 2. The summed E-state index contributed by atoms with van der Waals surface area (Å²) in [6, 6.07) is 1.76. The summed E-state index contributed by atoms with van der Waals surface area (Å²) >= 11 is 1.47. The molecule has 116 valence electrons. The van der Waals surface area contributed by atoms with Crippen LogP contribution in [0.4, 0.5) is 0 Å². The van der Waals surface area contributed by atoms with Gasteiger partial charge < -0.3 is 15.3 Å². The second-order valence-corrected chi connectivity index (χ2v) is 6.28. The van der Waals surface area contributed by atoms with Gasteiger partial charge in [0, 0.05) is 42.9 Å². The lowest BCUT2D eigenvalue weighted by molar-refractivity contribution is -0.133. The largest absolute Gasteiger partial charge is 0.393 e. The van der Waals surface area contributed by atoms with Crippen LogP contribution in [0.5, 0.6) is 0 Å². The summed E-state index contributed by atoms with van der Waals surface area (Å²) < 4.78 is 0. The molecule has 0 radical (unpaired) electrons. The highest BCUT2D eigenvalue weighted by atomic mass is 32.1. The van der Waals surface area contributed by atoms with Crippen LogP contribution in [-0.2, 0) is 4.79 Å². The molecule has 2 unspecified atom stereocenters. The average molecular weight is 310 g/mol. The van der Waals surface area contributed by atoms with Gasteiger partial charge in [0.05, 0.1) is 6.10 Å². The van der Waals surface area contributed by atoms with E-state index in [1.807, 2.05) is 5.38 Å². The molecule has 0 bridgehead atoms. The average Bonchev–Trinajstić information content (AvgIpc) is 3.01. The molecule has 21 heavy (non-hydrogen) atoms. The first-order chi connectivity index (χ1) is 10.1. The molecule has 1 aliphatic rings. The van der Waals surface area contributed by atoms with E-state index in [1.54, 1.807) is 23.3 Å². The van der Waals surface area contributed by atoms with Crippen LogP contribution in [0.1, 0.15) is 36.5 Å². The lowest BCUT2D eigenvalue weighted by Gasteiger charge is -2.34. The summed E-state index contributed by atoms with van der Waals surface area (Å²) in [5, 5.41) is 16.0. The molecule has 2 N–H and O–H groups in total. The number of piperidine rings is 1. The van der Waals surface area contributed by atoms with Gasteiger partial charge in [-0.2, -0.15) is 11.3 Å². The number of carbonyl (C=O) groups excluding carboxylic acids is 2. The van der Waals surface area contributed by atoms with Crippen LogP contribution in [-0.4, -0.2) is 47.6 Å². The lowest BCUT2D eigenvalue weighted by atomic mass is 9.93. The van der Waals surface area contributed by atoms with Crippen LogP contribution in [0.25, 0.3) is 0 Å². The number of aliphatic hydroxyl groups excluding tert-OH is 1. The number of hydrogen-bond donors (Lipinski definition) is 2. The molecule has 1 aliphatic heterocycles. The summed E-state index contributed by atoms with van der Waals surface area (Å²) in [6.07, 6.45) is 1.83. The molecule has 6 heteroatoms. The predicted molar refractivity (Wildman–Crippen MR) is 82.3 cm³/mol. The molecule has 0 saturated carbocycles. The van der Waals surface area contributed by atoms with Crippen molar-refractivity contribution in [2.24, 2.45) is 5.92 Å². The monoisotopic (exact) mass is 310 g/mol. The minimum absolute atomic E-state index is 0.0472. The van der Waals surface area contributed by atoms with E-state index >= 15 is 0 Å². The molecule has 2 amide bonds. The van der Waals surface area contributed by atoms with Crippen molar-refractivity contribution >= 4 is 23.2 Å². The topological polar surface area (TPSA) is 69.6 Å². The molecule has 5 nitrogen and oxygen atoms in total. The van der Waals surface area contributed by atoms with Crippen LogP contribution in [0.2, 0.25) is 0 Å². The van der Waals surface area contributed by atoms with E-state index in [0.717, 1.165) is 19.4 Å². The molecule has 1 aromatic rings. The molecule has 1 saturated heterocycles. The highest BCUT2D eigenvalue weighted by Gasteiger charge is 2.26. The van der Waals surface area contributed by atoms with Crippen molar-refractivity contribution in [3.63, 3.8) is 0 Å². The number of thiophene rings is 1. The fraction of sp³-hybridized carbons (Fsp3) is 0.600. The van der Waals surface area contributed by atoms with Gasteiger partial charge in [-0.3, -0.25) is 9.59 Å². The standard InChI is InChI=1S/C15H22N2O3S/c1-11(18)12-3-2-7-17(9-12)14(19)4-6-16-15(20)13-5-8-21-10-13/h5,8,10-12,18H,2-4,6-7,9H2,1H3,(H,16,20). The third-order valence-corrected chi connectivity index (χ3v) is 4.58. The molecule has 2 atom stereocenters. The minimum Gasteiger partial charge on any atom is -0.393 e. The van der Waals surface area contributed by atoms with Crippen molar-refractivity contribution in [3.8, 4) is 0 Å². The fourth-order valence-corrected chi connectivity index (χ4v) is 3.20. The van der Waals surface area contributed by atoms with Gasteiger partial charge in [0.2, 0.25) is 5.91 Å². The van der Waals surface area contributed by atoms with Gasteiger partial charge in [0.25, 0.3) is 5.91 Å². The summed E-state index contributed by atoms with van der Waals surface area (Å²) in [6.45, 7) is 3.50. The normalized spacial score (nSPS) is 20.1.